The van der Waals surface area contributed by atoms with E-state index >= 15 is 0 Å². The SMILES string of the molecule is CCCCCCCCCCCCCCCCOC(CC)c1c(N)nc(=O)n(CCOCP(=O)(O)O)c1Cc1ccccc1. The standard InChI is InChI=1S/C33H56N3O6P/c1-3-5-6-7-8-9-10-11-12-13-14-15-16-20-24-42-30(4-2)31-29(26-28-21-18-17-19-22-28)36(33(37)35-32(31)34)23-25-41-27-43(38,39)40/h17-19,21-22,30H,3-16,20,23-27H2,1-2H3,(H2,34,35,37)(H2,38,39,40). The van der Waals surface area contributed by atoms with Crippen molar-refractivity contribution in [2.45, 2.75) is 129 Å². The zero-order valence-electron chi connectivity index (χ0n) is 26.6. The Kier molecular flexibility index (Phi) is 18.7. The Labute approximate surface area is 258 Å². The Morgan fingerprint density at radius 2 is 1.42 bits per heavy atom. The molecule has 43 heavy (non-hydrogen) atoms. The smallest absolute Gasteiger partial charge is 0.350 e. The highest BCUT2D eigenvalue weighted by Gasteiger charge is 2.23. The summed E-state index contributed by atoms with van der Waals surface area (Å²) in [6.07, 6.45) is 18.3. The fourth-order valence-electron chi connectivity index (χ4n) is 5.46. The number of benzene rings is 1. The summed E-state index contributed by atoms with van der Waals surface area (Å²) in [6.45, 7) is 4.94. The van der Waals surface area contributed by atoms with E-state index in [1.807, 2.05) is 37.3 Å². The lowest BCUT2D eigenvalue weighted by atomic mass is 9.99. The highest BCUT2D eigenvalue weighted by Crippen LogP contribution is 2.34. The average molecular weight is 622 g/mol. The normalized spacial score (nSPS) is 12.6. The van der Waals surface area contributed by atoms with Crippen molar-refractivity contribution in [2.75, 3.05) is 25.3 Å². The zero-order chi connectivity index (χ0) is 31.3. The molecule has 0 bridgehead atoms. The summed E-state index contributed by atoms with van der Waals surface area (Å²) >= 11 is 0. The summed E-state index contributed by atoms with van der Waals surface area (Å²) in [5.41, 5.74) is 8.22. The lowest BCUT2D eigenvalue weighted by Crippen LogP contribution is -2.32. The molecule has 0 aliphatic heterocycles. The number of ether oxygens (including phenoxy) is 2. The van der Waals surface area contributed by atoms with Crippen LogP contribution in [0.25, 0.3) is 0 Å². The quantitative estimate of drug-likeness (QED) is 0.0765. The second-order valence-electron chi connectivity index (χ2n) is 11.5. The van der Waals surface area contributed by atoms with Gasteiger partial charge in [-0.1, -0.05) is 128 Å². The fraction of sp³-hybridized carbons (Fsp3) is 0.697. The minimum absolute atomic E-state index is 0.0471. The van der Waals surface area contributed by atoms with Gasteiger partial charge in [0.15, 0.2) is 0 Å². The molecule has 244 valence electrons. The molecular formula is C33H56N3O6P. The number of nitrogens with zero attached hydrogens (tertiary/aromatic N) is 2. The summed E-state index contributed by atoms with van der Waals surface area (Å²) in [6, 6.07) is 9.78. The van der Waals surface area contributed by atoms with Gasteiger partial charge in [-0.05, 0) is 18.4 Å². The number of nitrogen functional groups attached to an aromatic ring is 1. The lowest BCUT2D eigenvalue weighted by Gasteiger charge is -2.24. The summed E-state index contributed by atoms with van der Waals surface area (Å²) in [5.74, 6) is 0.163. The third-order valence-electron chi connectivity index (χ3n) is 7.80. The maximum atomic E-state index is 12.9. The van der Waals surface area contributed by atoms with Crippen molar-refractivity contribution in [3.05, 3.63) is 57.6 Å². The van der Waals surface area contributed by atoms with Gasteiger partial charge < -0.3 is 25.0 Å². The van der Waals surface area contributed by atoms with Crippen molar-refractivity contribution >= 4 is 13.4 Å². The Hall–Kier alpha value is -2.03. The van der Waals surface area contributed by atoms with Crippen LogP contribution in [0.2, 0.25) is 0 Å². The zero-order valence-corrected chi connectivity index (χ0v) is 27.4. The van der Waals surface area contributed by atoms with Gasteiger partial charge in [0.1, 0.15) is 12.2 Å². The van der Waals surface area contributed by atoms with Crippen molar-refractivity contribution in [3.63, 3.8) is 0 Å². The van der Waals surface area contributed by atoms with E-state index < -0.39 is 19.6 Å². The van der Waals surface area contributed by atoms with E-state index in [1.165, 1.54) is 81.6 Å². The van der Waals surface area contributed by atoms with E-state index in [0.717, 1.165) is 18.4 Å². The highest BCUT2D eigenvalue weighted by atomic mass is 31.2. The van der Waals surface area contributed by atoms with E-state index in [0.29, 0.717) is 30.7 Å². The molecule has 0 saturated carbocycles. The molecule has 0 saturated heterocycles. The van der Waals surface area contributed by atoms with Crippen LogP contribution in [0, 0.1) is 0 Å². The molecule has 2 aromatic rings. The van der Waals surface area contributed by atoms with Crippen LogP contribution >= 0.6 is 7.60 Å². The Morgan fingerprint density at radius 3 is 1.95 bits per heavy atom. The Morgan fingerprint density at radius 1 is 0.860 bits per heavy atom. The molecule has 10 heteroatoms. The number of hydrogen-bond acceptors (Lipinski definition) is 6. The van der Waals surface area contributed by atoms with Crippen LogP contribution < -0.4 is 11.4 Å². The molecule has 0 aliphatic rings. The molecule has 0 aliphatic carbocycles. The van der Waals surface area contributed by atoms with Gasteiger partial charge in [-0.3, -0.25) is 9.13 Å². The van der Waals surface area contributed by atoms with Gasteiger partial charge in [-0.25, -0.2) is 4.79 Å². The molecule has 1 aromatic carbocycles. The molecule has 1 aromatic heterocycles. The largest absolute Gasteiger partial charge is 0.383 e. The van der Waals surface area contributed by atoms with E-state index in [1.54, 1.807) is 0 Å². The third kappa shape index (κ3) is 15.5. The molecule has 1 unspecified atom stereocenters. The van der Waals surface area contributed by atoms with Crippen LogP contribution in [0.15, 0.2) is 35.1 Å². The predicted octanol–water partition coefficient (Wildman–Crippen LogP) is 7.52. The molecule has 1 atom stereocenters. The van der Waals surface area contributed by atoms with Crippen molar-refractivity contribution in [1.82, 2.24) is 9.55 Å². The number of rotatable bonds is 25. The minimum Gasteiger partial charge on any atom is -0.383 e. The number of unbranched alkanes of at least 4 members (excludes halogenated alkanes) is 13. The van der Waals surface area contributed by atoms with Gasteiger partial charge in [0, 0.05) is 24.3 Å². The van der Waals surface area contributed by atoms with E-state index in [2.05, 4.69) is 11.9 Å². The predicted molar refractivity (Wildman–Crippen MR) is 174 cm³/mol. The van der Waals surface area contributed by atoms with Gasteiger partial charge >= 0.3 is 13.3 Å². The van der Waals surface area contributed by atoms with Gasteiger partial charge in [-0.15, -0.1) is 0 Å². The molecule has 0 amide bonds. The summed E-state index contributed by atoms with van der Waals surface area (Å²) in [5, 5.41) is 0. The van der Waals surface area contributed by atoms with Crippen LogP contribution in [-0.2, 0) is 27.0 Å². The number of aromatic nitrogens is 2. The van der Waals surface area contributed by atoms with Gasteiger partial charge in [0.05, 0.1) is 19.3 Å². The van der Waals surface area contributed by atoms with Gasteiger partial charge in [0.25, 0.3) is 0 Å². The maximum Gasteiger partial charge on any atom is 0.350 e. The molecular weight excluding hydrogens is 565 g/mol. The fourth-order valence-corrected chi connectivity index (χ4v) is 5.83. The Balaban J connectivity index is 1.90. The minimum atomic E-state index is -4.30. The monoisotopic (exact) mass is 621 g/mol. The first kappa shape index (κ1) is 37.2. The number of anilines is 1. The summed E-state index contributed by atoms with van der Waals surface area (Å²) in [7, 11) is -4.30. The van der Waals surface area contributed by atoms with Crippen LogP contribution in [0.3, 0.4) is 0 Å². The molecule has 0 radical (unpaired) electrons. The topological polar surface area (TPSA) is 137 Å². The molecule has 1 heterocycles. The van der Waals surface area contributed by atoms with Crippen molar-refractivity contribution in [1.29, 1.82) is 0 Å². The molecule has 4 N–H and O–H groups in total. The molecule has 9 nitrogen and oxygen atoms in total. The average Bonchev–Trinajstić information content (AvgIpc) is 2.97. The third-order valence-corrected chi connectivity index (χ3v) is 8.32. The second kappa shape index (κ2) is 21.6. The molecule has 0 spiro atoms. The first-order valence-corrected chi connectivity index (χ1v) is 18.2. The van der Waals surface area contributed by atoms with Gasteiger partial charge in [0.2, 0.25) is 0 Å². The summed E-state index contributed by atoms with van der Waals surface area (Å²) < 4.78 is 24.2. The van der Waals surface area contributed by atoms with Crippen molar-refractivity contribution in [2.24, 2.45) is 0 Å². The Bertz CT molecular complexity index is 1120. The first-order chi connectivity index (χ1) is 20.8. The first-order valence-electron chi connectivity index (χ1n) is 16.4. The van der Waals surface area contributed by atoms with Crippen LogP contribution in [-0.4, -0.2) is 38.9 Å². The van der Waals surface area contributed by atoms with Crippen LogP contribution in [0.4, 0.5) is 5.82 Å². The van der Waals surface area contributed by atoms with E-state index in [-0.39, 0.29) is 25.1 Å². The van der Waals surface area contributed by atoms with Crippen molar-refractivity contribution in [3.8, 4) is 0 Å². The summed E-state index contributed by atoms with van der Waals surface area (Å²) in [4.78, 5) is 35.2. The maximum absolute atomic E-state index is 12.9. The van der Waals surface area contributed by atoms with Gasteiger partial charge in [-0.2, -0.15) is 4.98 Å². The number of hydrogen-bond donors (Lipinski definition) is 3. The lowest BCUT2D eigenvalue weighted by molar-refractivity contribution is 0.0462. The van der Waals surface area contributed by atoms with Crippen molar-refractivity contribution < 1.29 is 23.8 Å². The van der Waals surface area contributed by atoms with Crippen LogP contribution in [0.1, 0.15) is 133 Å². The van der Waals surface area contributed by atoms with Crippen LogP contribution in [0.5, 0.6) is 0 Å². The van der Waals surface area contributed by atoms with E-state index in [4.69, 9.17) is 25.0 Å². The van der Waals surface area contributed by atoms with E-state index in [9.17, 15) is 9.36 Å². The molecule has 2 rings (SSSR count). The number of nitrogens with two attached hydrogens (primary N) is 1. The highest BCUT2D eigenvalue weighted by molar-refractivity contribution is 7.51. The second-order valence-corrected chi connectivity index (χ2v) is 13.1. The molecule has 0 fully saturated rings.